The molecule has 0 fully saturated rings. The summed E-state index contributed by atoms with van der Waals surface area (Å²) in [6, 6.07) is -0.0293. The largest absolute Gasteiger partial charge is 0.401 e. The van der Waals surface area contributed by atoms with Gasteiger partial charge in [0, 0.05) is 11.6 Å². The van der Waals surface area contributed by atoms with Crippen LogP contribution in [0.1, 0.15) is 47.5 Å². The molecular weight excluding hydrogens is 241 g/mol. The zero-order valence-electron chi connectivity index (χ0n) is 12.2. The van der Waals surface area contributed by atoms with Crippen molar-refractivity contribution in [3.05, 3.63) is 0 Å². The maximum Gasteiger partial charge on any atom is 0.401 e. The number of alkyl halides is 3. The molecule has 110 valence electrons. The first-order valence-electron chi connectivity index (χ1n) is 6.61. The molecule has 0 heterocycles. The van der Waals surface area contributed by atoms with E-state index in [-0.39, 0.29) is 11.6 Å². The second-order valence-corrected chi connectivity index (χ2v) is 5.85. The lowest BCUT2D eigenvalue weighted by atomic mass is 10.1. The summed E-state index contributed by atoms with van der Waals surface area (Å²) < 4.78 is 37.0. The Bertz CT molecular complexity index is 221. The van der Waals surface area contributed by atoms with Gasteiger partial charge >= 0.3 is 6.18 Å². The highest BCUT2D eigenvalue weighted by Gasteiger charge is 2.31. The van der Waals surface area contributed by atoms with Gasteiger partial charge in [0.05, 0.1) is 6.54 Å². The van der Waals surface area contributed by atoms with Crippen LogP contribution in [0.5, 0.6) is 0 Å². The zero-order chi connectivity index (χ0) is 14.4. The third kappa shape index (κ3) is 9.71. The predicted molar refractivity (Wildman–Crippen MR) is 69.8 cm³/mol. The second kappa shape index (κ2) is 7.34. The van der Waals surface area contributed by atoms with Gasteiger partial charge in [-0.3, -0.25) is 4.90 Å². The Kier molecular flexibility index (Phi) is 7.22. The fraction of sp³-hybridized carbons (Fsp3) is 1.00. The standard InChI is InChI=1S/C13H27F3N2/c1-6-18(10-13(14,15)16)11(2)8-7-9-17-12(3,4)5/h11,17H,6-10H2,1-5H3. The summed E-state index contributed by atoms with van der Waals surface area (Å²) in [7, 11) is 0. The Morgan fingerprint density at radius 3 is 2.11 bits per heavy atom. The third-order valence-electron chi connectivity index (χ3n) is 2.87. The van der Waals surface area contributed by atoms with Gasteiger partial charge in [-0.2, -0.15) is 13.2 Å². The van der Waals surface area contributed by atoms with E-state index in [1.165, 1.54) is 4.90 Å². The molecule has 5 heteroatoms. The molecule has 0 aliphatic heterocycles. The van der Waals surface area contributed by atoms with Crippen LogP contribution in [0.25, 0.3) is 0 Å². The molecule has 0 radical (unpaired) electrons. The first-order chi connectivity index (χ1) is 8.05. The highest BCUT2D eigenvalue weighted by Crippen LogP contribution is 2.19. The van der Waals surface area contributed by atoms with Crippen LogP contribution in [-0.2, 0) is 0 Å². The van der Waals surface area contributed by atoms with Crippen molar-refractivity contribution in [2.45, 2.75) is 65.2 Å². The molecule has 2 nitrogen and oxygen atoms in total. The Morgan fingerprint density at radius 2 is 1.72 bits per heavy atom. The van der Waals surface area contributed by atoms with Gasteiger partial charge in [0.1, 0.15) is 0 Å². The van der Waals surface area contributed by atoms with E-state index in [1.54, 1.807) is 6.92 Å². The molecule has 1 unspecified atom stereocenters. The van der Waals surface area contributed by atoms with Crippen molar-refractivity contribution in [2.75, 3.05) is 19.6 Å². The van der Waals surface area contributed by atoms with Crippen molar-refractivity contribution < 1.29 is 13.2 Å². The summed E-state index contributed by atoms with van der Waals surface area (Å²) in [5.41, 5.74) is 0.0691. The van der Waals surface area contributed by atoms with E-state index in [4.69, 9.17) is 0 Å². The minimum absolute atomic E-state index is 0.0293. The van der Waals surface area contributed by atoms with Crippen LogP contribution in [-0.4, -0.2) is 42.3 Å². The molecule has 0 aromatic heterocycles. The summed E-state index contributed by atoms with van der Waals surface area (Å²) in [5, 5.41) is 3.34. The van der Waals surface area contributed by atoms with Crippen molar-refractivity contribution in [1.29, 1.82) is 0 Å². The quantitative estimate of drug-likeness (QED) is 0.712. The van der Waals surface area contributed by atoms with Gasteiger partial charge in [-0.05, 0) is 53.6 Å². The topological polar surface area (TPSA) is 15.3 Å². The average Bonchev–Trinajstić information content (AvgIpc) is 2.18. The van der Waals surface area contributed by atoms with Gasteiger partial charge in [0.25, 0.3) is 0 Å². The highest BCUT2D eigenvalue weighted by atomic mass is 19.4. The number of halogens is 3. The van der Waals surface area contributed by atoms with Gasteiger partial charge in [-0.15, -0.1) is 0 Å². The maximum absolute atomic E-state index is 12.3. The van der Waals surface area contributed by atoms with E-state index in [0.717, 1.165) is 19.4 Å². The number of nitrogens with one attached hydrogen (secondary N) is 1. The first-order valence-corrected chi connectivity index (χ1v) is 6.61. The molecule has 1 atom stereocenters. The Hall–Kier alpha value is -0.290. The molecule has 0 amide bonds. The van der Waals surface area contributed by atoms with Gasteiger partial charge in [-0.25, -0.2) is 0 Å². The van der Waals surface area contributed by atoms with Gasteiger partial charge in [0.15, 0.2) is 0 Å². The van der Waals surface area contributed by atoms with Gasteiger partial charge < -0.3 is 5.32 Å². The van der Waals surface area contributed by atoms with Gasteiger partial charge in [0.2, 0.25) is 0 Å². The van der Waals surface area contributed by atoms with Crippen molar-refractivity contribution in [3.63, 3.8) is 0 Å². The van der Waals surface area contributed by atoms with Crippen LogP contribution < -0.4 is 5.32 Å². The van der Waals surface area contributed by atoms with Crippen LogP contribution in [0.4, 0.5) is 13.2 Å². The summed E-state index contributed by atoms with van der Waals surface area (Å²) in [4.78, 5) is 1.48. The van der Waals surface area contributed by atoms with Crippen LogP contribution in [0.15, 0.2) is 0 Å². The summed E-state index contributed by atoms with van der Waals surface area (Å²) in [6.45, 7) is 10.4. The summed E-state index contributed by atoms with van der Waals surface area (Å²) in [5.74, 6) is 0. The minimum Gasteiger partial charge on any atom is -0.312 e. The smallest absolute Gasteiger partial charge is 0.312 e. The van der Waals surface area contributed by atoms with E-state index >= 15 is 0 Å². The minimum atomic E-state index is -4.10. The normalized spacial score (nSPS) is 15.2. The highest BCUT2D eigenvalue weighted by molar-refractivity contribution is 4.73. The molecule has 0 aliphatic rings. The van der Waals surface area contributed by atoms with E-state index in [0.29, 0.717) is 6.54 Å². The summed E-state index contributed by atoms with van der Waals surface area (Å²) in [6.07, 6.45) is -2.42. The second-order valence-electron chi connectivity index (χ2n) is 5.85. The molecule has 0 aromatic rings. The number of nitrogens with zero attached hydrogens (tertiary/aromatic N) is 1. The Balaban J connectivity index is 3.95. The van der Waals surface area contributed by atoms with E-state index in [2.05, 4.69) is 26.1 Å². The molecule has 1 N–H and O–H groups in total. The van der Waals surface area contributed by atoms with E-state index in [1.807, 2.05) is 6.92 Å². The SMILES string of the molecule is CCN(CC(F)(F)F)C(C)CCCNC(C)(C)C. The number of hydrogen-bond donors (Lipinski definition) is 1. The van der Waals surface area contributed by atoms with E-state index < -0.39 is 12.7 Å². The van der Waals surface area contributed by atoms with Gasteiger partial charge in [-0.1, -0.05) is 6.92 Å². The molecule has 0 aliphatic carbocycles. The van der Waals surface area contributed by atoms with Crippen LogP contribution in [0.2, 0.25) is 0 Å². The number of rotatable bonds is 7. The monoisotopic (exact) mass is 268 g/mol. The maximum atomic E-state index is 12.3. The number of hydrogen-bond acceptors (Lipinski definition) is 2. The van der Waals surface area contributed by atoms with Crippen LogP contribution >= 0.6 is 0 Å². The van der Waals surface area contributed by atoms with Crippen molar-refractivity contribution >= 4 is 0 Å². The van der Waals surface area contributed by atoms with E-state index in [9.17, 15) is 13.2 Å². The molecule has 18 heavy (non-hydrogen) atoms. The lowest BCUT2D eigenvalue weighted by Crippen LogP contribution is -2.41. The molecular formula is C13H27F3N2. The molecule has 0 rings (SSSR count). The Morgan fingerprint density at radius 1 is 1.17 bits per heavy atom. The third-order valence-corrected chi connectivity index (χ3v) is 2.87. The fourth-order valence-corrected chi connectivity index (χ4v) is 1.85. The predicted octanol–water partition coefficient (Wildman–Crippen LogP) is 3.43. The summed E-state index contributed by atoms with van der Waals surface area (Å²) >= 11 is 0. The average molecular weight is 268 g/mol. The van der Waals surface area contributed by atoms with Crippen LogP contribution in [0.3, 0.4) is 0 Å². The Labute approximate surface area is 109 Å². The zero-order valence-corrected chi connectivity index (χ0v) is 12.2. The van der Waals surface area contributed by atoms with Crippen molar-refractivity contribution in [1.82, 2.24) is 10.2 Å². The fourth-order valence-electron chi connectivity index (χ4n) is 1.85. The lowest BCUT2D eigenvalue weighted by Gasteiger charge is -2.29. The molecule has 0 saturated heterocycles. The molecule has 0 saturated carbocycles. The molecule has 0 spiro atoms. The van der Waals surface area contributed by atoms with Crippen molar-refractivity contribution in [3.8, 4) is 0 Å². The van der Waals surface area contributed by atoms with Crippen LogP contribution in [0, 0.1) is 0 Å². The van der Waals surface area contributed by atoms with Crippen molar-refractivity contribution in [2.24, 2.45) is 0 Å². The molecule has 0 aromatic carbocycles. The first kappa shape index (κ1) is 17.7. The lowest BCUT2D eigenvalue weighted by molar-refractivity contribution is -0.150. The molecule has 0 bridgehead atoms.